The summed E-state index contributed by atoms with van der Waals surface area (Å²) in [5.41, 5.74) is 2.69. The van der Waals surface area contributed by atoms with Gasteiger partial charge < -0.3 is 9.97 Å². The molecule has 0 spiro atoms. The van der Waals surface area contributed by atoms with Crippen LogP contribution in [-0.2, 0) is 6.54 Å². The smallest absolute Gasteiger partial charge is 0.277 e. The molecule has 0 aliphatic rings. The van der Waals surface area contributed by atoms with E-state index in [0.717, 1.165) is 16.5 Å². The first-order chi connectivity index (χ1) is 10.6. The zero-order valence-electron chi connectivity index (χ0n) is 11.2. The van der Waals surface area contributed by atoms with E-state index < -0.39 is 0 Å². The van der Waals surface area contributed by atoms with Gasteiger partial charge in [0.25, 0.3) is 5.56 Å². The Morgan fingerprint density at radius 1 is 1.32 bits per heavy atom. The minimum atomic E-state index is -0.268. The van der Waals surface area contributed by atoms with Crippen molar-refractivity contribution in [3.8, 4) is 0 Å². The summed E-state index contributed by atoms with van der Waals surface area (Å²) in [7, 11) is 0. The molecule has 0 saturated carbocycles. The lowest BCUT2D eigenvalue weighted by Gasteiger charge is -2.07. The van der Waals surface area contributed by atoms with E-state index >= 15 is 0 Å². The topological polar surface area (TPSA) is 82.3 Å². The van der Waals surface area contributed by atoms with Gasteiger partial charge in [-0.05, 0) is 36.0 Å². The largest absolute Gasteiger partial charge is 0.361 e. The fourth-order valence-corrected chi connectivity index (χ4v) is 3.00. The zero-order valence-corrected chi connectivity index (χ0v) is 12.8. The van der Waals surface area contributed by atoms with Crippen LogP contribution >= 0.6 is 23.8 Å². The third kappa shape index (κ3) is 1.98. The SMILES string of the molecule is O=c1[nH]c(=S)n(Cc2c[nH]c3ccc(Cl)cc23)c2nc[nH]c12. The normalized spacial score (nSPS) is 11.5. The maximum absolute atomic E-state index is 11.8. The Balaban J connectivity index is 1.93. The van der Waals surface area contributed by atoms with Crippen LogP contribution in [0.1, 0.15) is 5.56 Å². The van der Waals surface area contributed by atoms with Gasteiger partial charge in [-0.25, -0.2) is 4.98 Å². The van der Waals surface area contributed by atoms with Crippen molar-refractivity contribution in [2.75, 3.05) is 0 Å². The Labute approximate surface area is 133 Å². The van der Waals surface area contributed by atoms with Crippen LogP contribution in [0.3, 0.4) is 0 Å². The van der Waals surface area contributed by atoms with E-state index in [1.165, 1.54) is 6.33 Å². The van der Waals surface area contributed by atoms with Crippen LogP contribution in [0.4, 0.5) is 0 Å². The molecule has 0 bridgehead atoms. The van der Waals surface area contributed by atoms with Gasteiger partial charge in [-0.2, -0.15) is 0 Å². The van der Waals surface area contributed by atoms with Gasteiger partial charge in [-0.3, -0.25) is 14.3 Å². The van der Waals surface area contributed by atoms with Crippen molar-refractivity contribution < 1.29 is 0 Å². The Morgan fingerprint density at radius 2 is 2.18 bits per heavy atom. The predicted octanol–water partition coefficient (Wildman–Crippen LogP) is 2.97. The summed E-state index contributed by atoms with van der Waals surface area (Å²) < 4.78 is 2.12. The highest BCUT2D eigenvalue weighted by molar-refractivity contribution is 7.71. The first kappa shape index (κ1) is 13.3. The van der Waals surface area contributed by atoms with Gasteiger partial charge >= 0.3 is 0 Å². The first-order valence-electron chi connectivity index (χ1n) is 6.55. The Hall–Kier alpha value is -2.38. The standard InChI is InChI=1S/C14H10ClN5OS/c15-8-1-2-10-9(3-8)7(4-16-10)5-20-12-11(17-6-18-12)13(21)19-14(20)22/h1-4,6,16H,5H2,(H,17,18)(H,19,21,22). The summed E-state index contributed by atoms with van der Waals surface area (Å²) in [5.74, 6) is 0. The Morgan fingerprint density at radius 3 is 3.05 bits per heavy atom. The van der Waals surface area contributed by atoms with E-state index in [4.69, 9.17) is 23.8 Å². The van der Waals surface area contributed by atoms with Crippen molar-refractivity contribution >= 4 is 45.9 Å². The van der Waals surface area contributed by atoms with Crippen molar-refractivity contribution in [1.82, 2.24) is 24.5 Å². The summed E-state index contributed by atoms with van der Waals surface area (Å²) in [5, 5.41) is 1.69. The molecule has 0 fully saturated rings. The lowest BCUT2D eigenvalue weighted by Crippen LogP contribution is -2.15. The van der Waals surface area contributed by atoms with Crippen molar-refractivity contribution in [2.45, 2.75) is 6.54 Å². The number of hydrogen-bond acceptors (Lipinski definition) is 3. The molecule has 4 aromatic rings. The monoisotopic (exact) mass is 331 g/mol. The number of halogens is 1. The molecule has 110 valence electrons. The average molecular weight is 332 g/mol. The van der Waals surface area contributed by atoms with Gasteiger partial charge in [0.15, 0.2) is 10.4 Å². The number of fused-ring (bicyclic) bond motifs is 2. The van der Waals surface area contributed by atoms with Crippen LogP contribution in [0, 0.1) is 4.77 Å². The van der Waals surface area contributed by atoms with Crippen LogP contribution in [0.25, 0.3) is 22.1 Å². The van der Waals surface area contributed by atoms with E-state index in [1.807, 2.05) is 24.4 Å². The summed E-state index contributed by atoms with van der Waals surface area (Å²) in [4.78, 5) is 24.7. The average Bonchev–Trinajstić information content (AvgIpc) is 3.10. The van der Waals surface area contributed by atoms with E-state index in [0.29, 0.717) is 27.5 Å². The van der Waals surface area contributed by atoms with E-state index in [-0.39, 0.29) is 5.56 Å². The number of hydrogen-bond donors (Lipinski definition) is 3. The predicted molar refractivity (Wildman–Crippen MR) is 87.9 cm³/mol. The lowest BCUT2D eigenvalue weighted by molar-refractivity contribution is 0.778. The molecule has 0 unspecified atom stereocenters. The summed E-state index contributed by atoms with van der Waals surface area (Å²) >= 11 is 11.3. The summed E-state index contributed by atoms with van der Waals surface area (Å²) in [6.07, 6.45) is 3.39. The number of nitrogens with one attached hydrogen (secondary N) is 3. The van der Waals surface area contributed by atoms with Crippen LogP contribution in [-0.4, -0.2) is 24.5 Å². The number of imidazole rings is 1. The number of rotatable bonds is 2. The van der Waals surface area contributed by atoms with Crippen molar-refractivity contribution in [1.29, 1.82) is 0 Å². The van der Waals surface area contributed by atoms with Crippen LogP contribution < -0.4 is 5.56 Å². The molecule has 0 atom stereocenters. The quantitative estimate of drug-likeness (QED) is 0.494. The van der Waals surface area contributed by atoms with Gasteiger partial charge in [0.2, 0.25) is 0 Å². The molecule has 3 heterocycles. The first-order valence-corrected chi connectivity index (χ1v) is 7.34. The molecule has 0 radical (unpaired) electrons. The van der Waals surface area contributed by atoms with Gasteiger partial charge in [0.05, 0.1) is 12.9 Å². The van der Waals surface area contributed by atoms with Gasteiger partial charge in [0, 0.05) is 22.1 Å². The van der Waals surface area contributed by atoms with Gasteiger partial charge in [-0.1, -0.05) is 11.6 Å². The second kappa shape index (κ2) is 4.82. The molecular formula is C14H10ClN5OS. The Kier molecular flexibility index (Phi) is 2.91. The Bertz CT molecular complexity index is 1120. The summed E-state index contributed by atoms with van der Waals surface area (Å²) in [6.45, 7) is 0.483. The van der Waals surface area contributed by atoms with Crippen molar-refractivity contribution in [3.05, 3.63) is 56.4 Å². The van der Waals surface area contributed by atoms with Crippen molar-refractivity contribution in [2.24, 2.45) is 0 Å². The molecule has 0 amide bonds. The van der Waals surface area contributed by atoms with Crippen LogP contribution in [0.2, 0.25) is 5.02 Å². The van der Waals surface area contributed by atoms with Crippen LogP contribution in [0.15, 0.2) is 35.5 Å². The molecular weight excluding hydrogens is 322 g/mol. The highest BCUT2D eigenvalue weighted by Gasteiger charge is 2.11. The minimum Gasteiger partial charge on any atom is -0.361 e. The molecule has 0 saturated heterocycles. The number of benzene rings is 1. The molecule has 8 heteroatoms. The second-order valence-electron chi connectivity index (χ2n) is 4.95. The summed E-state index contributed by atoms with van der Waals surface area (Å²) in [6, 6.07) is 5.67. The molecule has 1 aromatic carbocycles. The molecule has 0 aliphatic heterocycles. The highest BCUT2D eigenvalue weighted by Crippen LogP contribution is 2.23. The number of aromatic amines is 3. The maximum Gasteiger partial charge on any atom is 0.277 e. The highest BCUT2D eigenvalue weighted by atomic mass is 35.5. The fraction of sp³-hybridized carbons (Fsp3) is 0.0714. The third-order valence-corrected chi connectivity index (χ3v) is 4.18. The fourth-order valence-electron chi connectivity index (χ4n) is 2.58. The number of nitrogens with zero attached hydrogens (tertiary/aromatic N) is 2. The molecule has 4 rings (SSSR count). The number of H-pyrrole nitrogens is 3. The van der Waals surface area contributed by atoms with Crippen molar-refractivity contribution in [3.63, 3.8) is 0 Å². The van der Waals surface area contributed by atoms with Crippen LogP contribution in [0.5, 0.6) is 0 Å². The second-order valence-corrected chi connectivity index (χ2v) is 5.77. The molecule has 22 heavy (non-hydrogen) atoms. The molecule has 3 aromatic heterocycles. The minimum absolute atomic E-state index is 0.268. The lowest BCUT2D eigenvalue weighted by atomic mass is 10.2. The van der Waals surface area contributed by atoms with E-state index in [2.05, 4.69) is 19.9 Å². The van der Waals surface area contributed by atoms with E-state index in [9.17, 15) is 4.79 Å². The maximum atomic E-state index is 11.8. The molecule has 0 aliphatic carbocycles. The zero-order chi connectivity index (χ0) is 15.3. The number of aromatic nitrogens is 5. The third-order valence-electron chi connectivity index (χ3n) is 3.63. The van der Waals surface area contributed by atoms with E-state index in [1.54, 1.807) is 4.57 Å². The van der Waals surface area contributed by atoms with Gasteiger partial charge in [-0.15, -0.1) is 0 Å². The molecule has 6 nitrogen and oxygen atoms in total. The molecule has 3 N–H and O–H groups in total. The van der Waals surface area contributed by atoms with Gasteiger partial charge in [0.1, 0.15) is 5.52 Å².